The third-order valence-corrected chi connectivity index (χ3v) is 3.36. The van der Waals surface area contributed by atoms with Crippen LogP contribution in [0.5, 0.6) is 0 Å². The first-order chi connectivity index (χ1) is 8.63. The summed E-state index contributed by atoms with van der Waals surface area (Å²) in [6.45, 7) is 7.20. The van der Waals surface area contributed by atoms with Crippen LogP contribution in [0.2, 0.25) is 0 Å². The van der Waals surface area contributed by atoms with E-state index < -0.39 is 0 Å². The Morgan fingerprint density at radius 3 is 2.67 bits per heavy atom. The van der Waals surface area contributed by atoms with Crippen LogP contribution in [0.15, 0.2) is 28.7 Å². The van der Waals surface area contributed by atoms with Gasteiger partial charge in [0.2, 0.25) is 0 Å². The molecule has 0 radical (unpaired) electrons. The van der Waals surface area contributed by atoms with E-state index in [1.165, 1.54) is 10.9 Å². The minimum atomic E-state index is 0.159. The molecule has 1 aromatic heterocycles. The van der Waals surface area contributed by atoms with Crippen LogP contribution in [0.25, 0.3) is 11.0 Å². The predicted octanol–water partition coefficient (Wildman–Crippen LogP) is 3.02. The molecule has 1 heterocycles. The van der Waals surface area contributed by atoms with E-state index >= 15 is 0 Å². The lowest BCUT2D eigenvalue weighted by atomic mass is 10.1. The Bertz CT molecular complexity index is 518. The maximum Gasteiger partial charge on any atom is 0.134 e. The van der Waals surface area contributed by atoms with Crippen LogP contribution in [0.1, 0.15) is 31.2 Å². The van der Waals surface area contributed by atoms with Gasteiger partial charge < -0.3 is 14.8 Å². The second-order valence-corrected chi connectivity index (χ2v) is 5.01. The molecule has 98 valence electrons. The molecule has 2 N–H and O–H groups in total. The summed E-state index contributed by atoms with van der Waals surface area (Å²) in [5.74, 6) is 1.25. The Labute approximate surface area is 108 Å². The quantitative estimate of drug-likeness (QED) is 0.853. The first kappa shape index (κ1) is 13.1. The van der Waals surface area contributed by atoms with Crippen molar-refractivity contribution in [3.63, 3.8) is 0 Å². The Morgan fingerprint density at radius 1 is 1.28 bits per heavy atom. The Kier molecular flexibility index (Phi) is 4.04. The SMILES string of the molecule is Cc1c(C(C)NCC(C)CO)oc2ccccc12. The van der Waals surface area contributed by atoms with E-state index in [0.717, 1.165) is 17.9 Å². The molecule has 1 aromatic carbocycles. The summed E-state index contributed by atoms with van der Waals surface area (Å²) in [5, 5.41) is 13.6. The van der Waals surface area contributed by atoms with Crippen LogP contribution in [0.3, 0.4) is 0 Å². The average molecular weight is 247 g/mol. The standard InChI is InChI=1S/C15H21NO2/c1-10(9-17)8-16-12(3)15-11(2)13-6-4-5-7-14(13)18-15/h4-7,10,12,16-17H,8-9H2,1-3H3. The smallest absolute Gasteiger partial charge is 0.134 e. The van der Waals surface area contributed by atoms with Gasteiger partial charge in [0.05, 0.1) is 6.04 Å². The molecule has 3 nitrogen and oxygen atoms in total. The number of para-hydroxylation sites is 1. The van der Waals surface area contributed by atoms with Crippen LogP contribution >= 0.6 is 0 Å². The van der Waals surface area contributed by atoms with E-state index in [4.69, 9.17) is 9.52 Å². The zero-order chi connectivity index (χ0) is 13.1. The zero-order valence-corrected chi connectivity index (χ0v) is 11.2. The summed E-state index contributed by atoms with van der Waals surface area (Å²) in [6.07, 6.45) is 0. The van der Waals surface area contributed by atoms with Crippen LogP contribution in [-0.2, 0) is 0 Å². The molecular formula is C15H21NO2. The van der Waals surface area contributed by atoms with Gasteiger partial charge in [-0.15, -0.1) is 0 Å². The number of hydrogen-bond donors (Lipinski definition) is 2. The van der Waals surface area contributed by atoms with Gasteiger partial charge in [-0.3, -0.25) is 0 Å². The zero-order valence-electron chi connectivity index (χ0n) is 11.2. The van der Waals surface area contributed by atoms with Crippen molar-refractivity contribution in [3.8, 4) is 0 Å². The third-order valence-electron chi connectivity index (χ3n) is 3.36. The molecule has 0 amide bonds. The number of rotatable bonds is 5. The summed E-state index contributed by atoms with van der Waals surface area (Å²) in [6, 6.07) is 8.25. The van der Waals surface area contributed by atoms with Crippen molar-refractivity contribution in [1.82, 2.24) is 5.32 Å². The van der Waals surface area contributed by atoms with Crippen molar-refractivity contribution < 1.29 is 9.52 Å². The number of fused-ring (bicyclic) bond motifs is 1. The minimum absolute atomic E-state index is 0.159. The maximum atomic E-state index is 9.02. The second-order valence-electron chi connectivity index (χ2n) is 5.01. The lowest BCUT2D eigenvalue weighted by molar-refractivity contribution is 0.229. The first-order valence-electron chi connectivity index (χ1n) is 6.45. The number of furan rings is 1. The molecule has 0 spiro atoms. The molecule has 0 aliphatic heterocycles. The fourth-order valence-corrected chi connectivity index (χ4v) is 2.14. The Morgan fingerprint density at radius 2 is 2.00 bits per heavy atom. The number of aryl methyl sites for hydroxylation is 1. The van der Waals surface area contributed by atoms with Gasteiger partial charge in [0.15, 0.2) is 0 Å². The van der Waals surface area contributed by atoms with Gasteiger partial charge in [-0.05, 0) is 31.4 Å². The van der Waals surface area contributed by atoms with Gasteiger partial charge in [-0.25, -0.2) is 0 Å². The maximum absolute atomic E-state index is 9.02. The topological polar surface area (TPSA) is 45.4 Å². The predicted molar refractivity (Wildman–Crippen MR) is 73.6 cm³/mol. The molecule has 2 atom stereocenters. The van der Waals surface area contributed by atoms with E-state index in [-0.39, 0.29) is 18.6 Å². The lowest BCUT2D eigenvalue weighted by Crippen LogP contribution is -2.26. The highest BCUT2D eigenvalue weighted by Gasteiger charge is 2.16. The number of aliphatic hydroxyl groups is 1. The molecule has 0 aliphatic carbocycles. The van der Waals surface area contributed by atoms with Gasteiger partial charge in [0.1, 0.15) is 11.3 Å². The highest BCUT2D eigenvalue weighted by molar-refractivity contribution is 5.82. The molecule has 0 saturated carbocycles. The fourth-order valence-electron chi connectivity index (χ4n) is 2.14. The van der Waals surface area contributed by atoms with Crippen LogP contribution < -0.4 is 5.32 Å². The number of nitrogens with one attached hydrogen (secondary N) is 1. The largest absolute Gasteiger partial charge is 0.459 e. The van der Waals surface area contributed by atoms with Crippen LogP contribution in [0, 0.1) is 12.8 Å². The van der Waals surface area contributed by atoms with E-state index in [9.17, 15) is 0 Å². The van der Waals surface area contributed by atoms with Crippen molar-refractivity contribution in [2.75, 3.05) is 13.2 Å². The Balaban J connectivity index is 2.17. The van der Waals surface area contributed by atoms with Gasteiger partial charge in [-0.2, -0.15) is 0 Å². The van der Waals surface area contributed by atoms with E-state index in [1.807, 2.05) is 25.1 Å². The summed E-state index contributed by atoms with van der Waals surface area (Å²) >= 11 is 0. The summed E-state index contributed by atoms with van der Waals surface area (Å²) in [7, 11) is 0. The van der Waals surface area contributed by atoms with Gasteiger partial charge >= 0.3 is 0 Å². The second kappa shape index (κ2) is 5.55. The molecular weight excluding hydrogens is 226 g/mol. The first-order valence-corrected chi connectivity index (χ1v) is 6.45. The highest BCUT2D eigenvalue weighted by Crippen LogP contribution is 2.29. The Hall–Kier alpha value is -1.32. The van der Waals surface area contributed by atoms with Crippen molar-refractivity contribution in [3.05, 3.63) is 35.6 Å². The average Bonchev–Trinajstić information content (AvgIpc) is 2.73. The van der Waals surface area contributed by atoms with Gasteiger partial charge in [-0.1, -0.05) is 25.1 Å². The fraction of sp³-hybridized carbons (Fsp3) is 0.467. The van der Waals surface area contributed by atoms with Crippen LogP contribution in [0.4, 0.5) is 0 Å². The molecule has 2 unspecified atom stereocenters. The van der Waals surface area contributed by atoms with Crippen LogP contribution in [-0.4, -0.2) is 18.3 Å². The molecule has 0 bridgehead atoms. The monoisotopic (exact) mass is 247 g/mol. The summed E-state index contributed by atoms with van der Waals surface area (Å²) < 4.78 is 5.90. The van der Waals surface area contributed by atoms with E-state index in [0.29, 0.717) is 0 Å². The summed E-state index contributed by atoms with van der Waals surface area (Å²) in [5.41, 5.74) is 2.14. The number of aliphatic hydroxyl groups excluding tert-OH is 1. The molecule has 2 aromatic rings. The molecule has 2 rings (SSSR count). The van der Waals surface area contributed by atoms with Gasteiger partial charge in [0.25, 0.3) is 0 Å². The number of hydrogen-bond acceptors (Lipinski definition) is 3. The molecule has 0 fully saturated rings. The lowest BCUT2D eigenvalue weighted by Gasteiger charge is -2.15. The highest BCUT2D eigenvalue weighted by atomic mass is 16.3. The van der Waals surface area contributed by atoms with Crippen molar-refractivity contribution in [2.24, 2.45) is 5.92 Å². The molecule has 18 heavy (non-hydrogen) atoms. The van der Waals surface area contributed by atoms with Crippen molar-refractivity contribution >= 4 is 11.0 Å². The normalized spacial score (nSPS) is 14.9. The molecule has 0 aliphatic rings. The van der Waals surface area contributed by atoms with Crippen molar-refractivity contribution in [1.29, 1.82) is 0 Å². The summed E-state index contributed by atoms with van der Waals surface area (Å²) in [4.78, 5) is 0. The third kappa shape index (κ3) is 2.57. The minimum Gasteiger partial charge on any atom is -0.459 e. The number of benzene rings is 1. The van der Waals surface area contributed by atoms with E-state index in [2.05, 4.69) is 25.2 Å². The van der Waals surface area contributed by atoms with Crippen molar-refractivity contribution in [2.45, 2.75) is 26.8 Å². The van der Waals surface area contributed by atoms with E-state index in [1.54, 1.807) is 0 Å². The molecule has 0 saturated heterocycles. The molecule has 3 heteroatoms. The van der Waals surface area contributed by atoms with Gasteiger partial charge in [0, 0.05) is 18.5 Å².